The van der Waals surface area contributed by atoms with Gasteiger partial charge in [0.1, 0.15) is 5.03 Å². The second-order valence-electron chi connectivity index (χ2n) is 1.69. The molecule has 0 saturated carbocycles. The molecule has 0 saturated heterocycles. The molecule has 1 aromatic rings. The fourth-order valence-electron chi connectivity index (χ4n) is 0.585. The van der Waals surface area contributed by atoms with Gasteiger partial charge in [0.05, 0.1) is 0 Å². The predicted molar refractivity (Wildman–Crippen MR) is 42.8 cm³/mol. The van der Waals surface area contributed by atoms with Gasteiger partial charge in [-0.15, -0.1) is 11.8 Å². The van der Waals surface area contributed by atoms with Crippen molar-refractivity contribution in [2.75, 3.05) is 11.5 Å². The van der Waals surface area contributed by atoms with Crippen molar-refractivity contribution in [1.29, 1.82) is 0 Å². The Bertz CT molecular complexity index is 214. The smallest absolute Gasteiger partial charge is 0.221 e. The molecule has 0 unspecified atom stereocenters. The lowest BCUT2D eigenvalue weighted by Gasteiger charge is -1.95. The fourth-order valence-corrected chi connectivity index (χ4v) is 1.20. The zero-order chi connectivity index (χ0) is 7.40. The molecule has 0 fully saturated rings. The van der Waals surface area contributed by atoms with E-state index in [4.69, 9.17) is 5.73 Å². The van der Waals surface area contributed by atoms with Gasteiger partial charge in [-0.2, -0.15) is 0 Å². The van der Waals surface area contributed by atoms with E-state index in [-0.39, 0.29) is 0 Å². The Kier molecular flexibility index (Phi) is 2.50. The maximum atomic E-state index is 5.35. The van der Waals surface area contributed by atoms with Crippen molar-refractivity contribution in [3.8, 4) is 0 Å². The molecular weight excluding hydrogens is 146 g/mol. The summed E-state index contributed by atoms with van der Waals surface area (Å²) in [6, 6.07) is 1.85. The summed E-state index contributed by atoms with van der Waals surface area (Å²) < 4.78 is 0. The SMILES string of the molecule is CCSc1ccnc(N)n1. The second-order valence-corrected chi connectivity index (χ2v) is 2.97. The number of hydrogen-bond acceptors (Lipinski definition) is 4. The number of nitrogen functional groups attached to an aromatic ring is 1. The summed E-state index contributed by atoms with van der Waals surface area (Å²) >= 11 is 1.66. The van der Waals surface area contributed by atoms with E-state index in [1.165, 1.54) is 0 Å². The molecule has 0 aliphatic rings. The van der Waals surface area contributed by atoms with Crippen LogP contribution in [0.25, 0.3) is 0 Å². The highest BCUT2D eigenvalue weighted by Gasteiger charge is 1.92. The van der Waals surface area contributed by atoms with Crippen LogP contribution in [0.1, 0.15) is 6.92 Å². The summed E-state index contributed by atoms with van der Waals surface area (Å²) in [7, 11) is 0. The van der Waals surface area contributed by atoms with Crippen molar-refractivity contribution in [3.63, 3.8) is 0 Å². The highest BCUT2D eigenvalue weighted by molar-refractivity contribution is 7.99. The summed E-state index contributed by atoms with van der Waals surface area (Å²) in [5.41, 5.74) is 5.35. The molecule has 0 aliphatic heterocycles. The van der Waals surface area contributed by atoms with E-state index in [0.717, 1.165) is 10.8 Å². The Balaban J connectivity index is 2.75. The van der Waals surface area contributed by atoms with Crippen molar-refractivity contribution >= 4 is 17.7 Å². The van der Waals surface area contributed by atoms with Crippen molar-refractivity contribution in [2.45, 2.75) is 11.9 Å². The molecule has 0 radical (unpaired) electrons. The van der Waals surface area contributed by atoms with Crippen LogP contribution in [0.5, 0.6) is 0 Å². The Labute approximate surface area is 64.1 Å². The van der Waals surface area contributed by atoms with Gasteiger partial charge in [-0.1, -0.05) is 6.92 Å². The first-order valence-corrected chi connectivity index (χ1v) is 4.03. The van der Waals surface area contributed by atoms with Gasteiger partial charge < -0.3 is 5.73 Å². The van der Waals surface area contributed by atoms with Crippen molar-refractivity contribution < 1.29 is 0 Å². The molecule has 3 nitrogen and oxygen atoms in total. The van der Waals surface area contributed by atoms with Crippen LogP contribution in [-0.4, -0.2) is 15.7 Å². The third-order valence-electron chi connectivity index (χ3n) is 0.941. The molecule has 54 valence electrons. The van der Waals surface area contributed by atoms with Gasteiger partial charge in [0.25, 0.3) is 0 Å². The molecule has 0 amide bonds. The predicted octanol–water partition coefficient (Wildman–Crippen LogP) is 1.17. The van der Waals surface area contributed by atoms with Gasteiger partial charge >= 0.3 is 0 Å². The van der Waals surface area contributed by atoms with Crippen LogP contribution in [0.3, 0.4) is 0 Å². The maximum absolute atomic E-state index is 5.35. The minimum atomic E-state index is 0.346. The van der Waals surface area contributed by atoms with Crippen molar-refractivity contribution in [2.24, 2.45) is 0 Å². The van der Waals surface area contributed by atoms with Gasteiger partial charge in [0.2, 0.25) is 5.95 Å². The normalized spacial score (nSPS) is 9.70. The zero-order valence-electron chi connectivity index (χ0n) is 5.74. The number of thioether (sulfide) groups is 1. The van der Waals surface area contributed by atoms with E-state index in [1.807, 2.05) is 6.07 Å². The van der Waals surface area contributed by atoms with E-state index in [2.05, 4.69) is 16.9 Å². The maximum Gasteiger partial charge on any atom is 0.221 e. The largest absolute Gasteiger partial charge is 0.368 e. The second kappa shape index (κ2) is 3.41. The van der Waals surface area contributed by atoms with E-state index in [1.54, 1.807) is 18.0 Å². The van der Waals surface area contributed by atoms with E-state index < -0.39 is 0 Å². The summed E-state index contributed by atoms with van der Waals surface area (Å²) in [6.07, 6.45) is 1.67. The van der Waals surface area contributed by atoms with Crippen LogP contribution >= 0.6 is 11.8 Å². The van der Waals surface area contributed by atoms with Gasteiger partial charge in [-0.3, -0.25) is 0 Å². The first-order chi connectivity index (χ1) is 4.83. The average molecular weight is 155 g/mol. The summed E-state index contributed by atoms with van der Waals surface area (Å²) in [4.78, 5) is 7.77. The lowest BCUT2D eigenvalue weighted by Crippen LogP contribution is -1.93. The Hall–Kier alpha value is -0.770. The van der Waals surface area contributed by atoms with Gasteiger partial charge in [-0.25, -0.2) is 9.97 Å². The Morgan fingerprint density at radius 2 is 2.50 bits per heavy atom. The third-order valence-corrected chi connectivity index (χ3v) is 1.75. The molecule has 1 rings (SSSR count). The molecule has 2 N–H and O–H groups in total. The Morgan fingerprint density at radius 1 is 1.70 bits per heavy atom. The topological polar surface area (TPSA) is 51.8 Å². The standard InChI is InChI=1S/C6H9N3S/c1-2-10-5-3-4-8-6(7)9-5/h3-4H,2H2,1H3,(H2,7,8,9). The first kappa shape index (κ1) is 7.34. The van der Waals surface area contributed by atoms with Crippen LogP contribution in [0.2, 0.25) is 0 Å². The molecular formula is C6H9N3S. The first-order valence-electron chi connectivity index (χ1n) is 3.04. The fraction of sp³-hybridized carbons (Fsp3) is 0.333. The zero-order valence-corrected chi connectivity index (χ0v) is 6.56. The average Bonchev–Trinajstić information content (AvgIpc) is 1.88. The Morgan fingerprint density at radius 3 is 3.10 bits per heavy atom. The van der Waals surface area contributed by atoms with E-state index in [9.17, 15) is 0 Å². The summed E-state index contributed by atoms with van der Waals surface area (Å²) in [6.45, 7) is 2.07. The highest BCUT2D eigenvalue weighted by atomic mass is 32.2. The van der Waals surface area contributed by atoms with E-state index in [0.29, 0.717) is 5.95 Å². The monoisotopic (exact) mass is 155 g/mol. The molecule has 4 heteroatoms. The highest BCUT2D eigenvalue weighted by Crippen LogP contribution is 2.13. The molecule has 0 spiro atoms. The number of nitrogens with zero attached hydrogens (tertiary/aromatic N) is 2. The van der Waals surface area contributed by atoms with E-state index >= 15 is 0 Å². The number of hydrogen-bond donors (Lipinski definition) is 1. The lowest BCUT2D eigenvalue weighted by molar-refractivity contribution is 1.07. The van der Waals surface area contributed by atoms with Gasteiger partial charge in [0.15, 0.2) is 0 Å². The molecule has 1 heterocycles. The number of rotatable bonds is 2. The summed E-state index contributed by atoms with van der Waals surface area (Å²) in [5.74, 6) is 1.36. The lowest BCUT2D eigenvalue weighted by atomic mass is 10.7. The molecule has 0 atom stereocenters. The quantitative estimate of drug-likeness (QED) is 0.514. The minimum absolute atomic E-state index is 0.346. The molecule has 0 aromatic carbocycles. The third kappa shape index (κ3) is 1.88. The molecule has 0 bridgehead atoms. The van der Waals surface area contributed by atoms with Crippen molar-refractivity contribution in [1.82, 2.24) is 9.97 Å². The van der Waals surface area contributed by atoms with Gasteiger partial charge in [0, 0.05) is 6.20 Å². The van der Waals surface area contributed by atoms with Crippen molar-refractivity contribution in [3.05, 3.63) is 12.3 Å². The van der Waals surface area contributed by atoms with Crippen LogP contribution in [0.4, 0.5) is 5.95 Å². The van der Waals surface area contributed by atoms with Crippen LogP contribution in [-0.2, 0) is 0 Å². The molecule has 0 aliphatic carbocycles. The van der Waals surface area contributed by atoms with Crippen LogP contribution < -0.4 is 5.73 Å². The molecule has 10 heavy (non-hydrogen) atoms. The number of nitrogens with two attached hydrogens (primary N) is 1. The number of anilines is 1. The van der Waals surface area contributed by atoms with Gasteiger partial charge in [-0.05, 0) is 11.8 Å². The summed E-state index contributed by atoms with van der Waals surface area (Å²) in [5, 5.41) is 0.940. The van der Waals surface area contributed by atoms with Crippen LogP contribution in [0.15, 0.2) is 17.3 Å². The minimum Gasteiger partial charge on any atom is -0.368 e. The van der Waals surface area contributed by atoms with Crippen LogP contribution in [0, 0.1) is 0 Å². The number of aromatic nitrogens is 2. The molecule has 1 aromatic heterocycles.